The summed E-state index contributed by atoms with van der Waals surface area (Å²) in [5.74, 6) is 0.101. The maximum Gasteiger partial charge on any atom is 0.270 e. The second kappa shape index (κ2) is 6.93. The molecule has 0 saturated heterocycles. The highest BCUT2D eigenvalue weighted by atomic mass is 79.9. The van der Waals surface area contributed by atoms with Crippen LogP contribution in [0.25, 0.3) is 0 Å². The number of nitrogens with one attached hydrogen (secondary N) is 1. The third-order valence-electron chi connectivity index (χ3n) is 3.20. The molecule has 24 heavy (non-hydrogen) atoms. The fourth-order valence-electron chi connectivity index (χ4n) is 2.10. The number of halogens is 1. The molecule has 0 spiro atoms. The number of aromatic nitrogens is 2. The lowest BCUT2D eigenvalue weighted by atomic mass is 10.2. The second-order valence-electron chi connectivity index (χ2n) is 4.87. The number of nitrogens with zero attached hydrogens (tertiary/aromatic N) is 3. The summed E-state index contributed by atoms with van der Waals surface area (Å²) < 4.78 is 2.66. The first kappa shape index (κ1) is 16.3. The number of carbonyl (C=O) groups is 1. The molecule has 2 heterocycles. The Balaban J connectivity index is 1.77. The number of thiophene rings is 1. The Morgan fingerprint density at radius 1 is 1.38 bits per heavy atom. The lowest BCUT2D eigenvalue weighted by Crippen LogP contribution is -2.16. The van der Waals surface area contributed by atoms with Crippen LogP contribution in [0.15, 0.2) is 52.4 Å². The summed E-state index contributed by atoms with van der Waals surface area (Å²) in [6.45, 7) is 0.522. The van der Waals surface area contributed by atoms with Gasteiger partial charge in [0.05, 0.1) is 17.7 Å². The fraction of sp³-hybridized carbons (Fsp3) is 0.0667. The average molecular weight is 407 g/mol. The van der Waals surface area contributed by atoms with Crippen molar-refractivity contribution >= 4 is 44.7 Å². The van der Waals surface area contributed by atoms with Crippen LogP contribution >= 0.6 is 27.3 Å². The summed E-state index contributed by atoms with van der Waals surface area (Å²) in [5, 5.41) is 19.7. The number of carbonyl (C=O) groups excluding carboxylic acids is 1. The van der Waals surface area contributed by atoms with Gasteiger partial charge in [-0.2, -0.15) is 5.10 Å². The van der Waals surface area contributed by atoms with Crippen molar-refractivity contribution in [3.05, 3.63) is 73.0 Å². The Bertz CT molecular complexity index is 906. The van der Waals surface area contributed by atoms with Crippen LogP contribution < -0.4 is 5.32 Å². The van der Waals surface area contributed by atoms with Crippen LogP contribution in [0, 0.1) is 10.1 Å². The third kappa shape index (κ3) is 3.69. The highest BCUT2D eigenvalue weighted by molar-refractivity contribution is 9.10. The molecule has 3 rings (SSSR count). The molecule has 2 aromatic heterocycles. The van der Waals surface area contributed by atoms with Crippen molar-refractivity contribution in [3.8, 4) is 0 Å². The Hall–Kier alpha value is -2.52. The van der Waals surface area contributed by atoms with E-state index in [1.807, 2.05) is 11.4 Å². The number of amides is 1. The van der Waals surface area contributed by atoms with E-state index in [1.54, 1.807) is 28.3 Å². The largest absolute Gasteiger partial charge is 0.307 e. The molecule has 122 valence electrons. The van der Waals surface area contributed by atoms with Gasteiger partial charge in [-0.05, 0) is 28.1 Å². The molecule has 1 aromatic carbocycles. The Morgan fingerprint density at radius 3 is 2.92 bits per heavy atom. The molecule has 0 aliphatic carbocycles. The number of hydrogen-bond acceptors (Lipinski definition) is 5. The molecule has 0 aliphatic heterocycles. The van der Waals surface area contributed by atoms with Crippen LogP contribution in [0.1, 0.15) is 15.2 Å². The minimum absolute atomic E-state index is 0.125. The Labute approximate surface area is 149 Å². The molecule has 7 nitrogen and oxygen atoms in total. The molecule has 0 bridgehead atoms. The van der Waals surface area contributed by atoms with E-state index >= 15 is 0 Å². The van der Waals surface area contributed by atoms with Crippen LogP contribution in [0.4, 0.5) is 11.5 Å². The van der Waals surface area contributed by atoms with Crippen molar-refractivity contribution in [2.45, 2.75) is 6.54 Å². The number of anilines is 1. The van der Waals surface area contributed by atoms with Gasteiger partial charge in [0.25, 0.3) is 11.6 Å². The minimum Gasteiger partial charge on any atom is -0.307 e. The highest BCUT2D eigenvalue weighted by Gasteiger charge is 2.14. The van der Waals surface area contributed by atoms with E-state index in [4.69, 9.17) is 0 Å². The summed E-state index contributed by atoms with van der Waals surface area (Å²) >= 11 is 4.98. The smallest absolute Gasteiger partial charge is 0.270 e. The number of non-ortho nitro benzene ring substituents is 1. The maximum atomic E-state index is 12.3. The highest BCUT2D eigenvalue weighted by Crippen LogP contribution is 2.22. The van der Waals surface area contributed by atoms with Crippen molar-refractivity contribution < 1.29 is 9.72 Å². The van der Waals surface area contributed by atoms with Crippen LogP contribution in [-0.2, 0) is 6.54 Å². The lowest BCUT2D eigenvalue weighted by Gasteiger charge is -2.08. The van der Waals surface area contributed by atoms with E-state index in [0.717, 1.165) is 9.35 Å². The average Bonchev–Trinajstić information content (AvgIpc) is 3.17. The van der Waals surface area contributed by atoms with Crippen LogP contribution in [0.2, 0.25) is 0 Å². The van der Waals surface area contributed by atoms with Gasteiger partial charge in [0.15, 0.2) is 0 Å². The summed E-state index contributed by atoms with van der Waals surface area (Å²) in [4.78, 5) is 23.7. The Kier molecular flexibility index (Phi) is 4.72. The third-order valence-corrected chi connectivity index (χ3v) is 4.89. The fourth-order valence-corrected chi connectivity index (χ4v) is 3.53. The van der Waals surface area contributed by atoms with Crippen molar-refractivity contribution in [2.24, 2.45) is 0 Å². The number of rotatable bonds is 5. The molecular weight excluding hydrogens is 396 g/mol. The van der Waals surface area contributed by atoms with E-state index in [0.29, 0.717) is 12.4 Å². The SMILES string of the molecule is O=C(Nc1ccnn1Cc1cc(Br)cs1)c1cccc([N+](=O)[O-])c1. The minimum atomic E-state index is -0.532. The van der Waals surface area contributed by atoms with Crippen molar-refractivity contribution in [1.29, 1.82) is 0 Å². The maximum absolute atomic E-state index is 12.3. The van der Waals surface area contributed by atoms with E-state index < -0.39 is 10.8 Å². The molecule has 0 aliphatic rings. The van der Waals surface area contributed by atoms with Crippen molar-refractivity contribution in [2.75, 3.05) is 5.32 Å². The van der Waals surface area contributed by atoms with Gasteiger partial charge < -0.3 is 5.32 Å². The quantitative estimate of drug-likeness (QED) is 0.513. The number of nitro groups is 1. The molecule has 0 fully saturated rings. The second-order valence-corrected chi connectivity index (χ2v) is 6.78. The van der Waals surface area contributed by atoms with Crippen molar-refractivity contribution in [1.82, 2.24) is 9.78 Å². The molecule has 0 saturated carbocycles. The van der Waals surface area contributed by atoms with Crippen LogP contribution in [0.5, 0.6) is 0 Å². The summed E-state index contributed by atoms with van der Waals surface area (Å²) in [6.07, 6.45) is 1.59. The monoisotopic (exact) mass is 406 g/mol. The predicted molar refractivity (Wildman–Crippen MR) is 94.4 cm³/mol. The van der Waals surface area contributed by atoms with Gasteiger partial charge in [0.1, 0.15) is 5.82 Å². The van der Waals surface area contributed by atoms with Gasteiger partial charge in [-0.1, -0.05) is 6.07 Å². The van der Waals surface area contributed by atoms with E-state index in [1.165, 1.54) is 24.3 Å². The Morgan fingerprint density at radius 2 is 2.21 bits per heavy atom. The molecule has 0 atom stereocenters. The topological polar surface area (TPSA) is 90.1 Å². The molecule has 3 aromatic rings. The lowest BCUT2D eigenvalue weighted by molar-refractivity contribution is -0.384. The summed E-state index contributed by atoms with van der Waals surface area (Å²) in [6, 6.07) is 9.26. The number of benzene rings is 1. The van der Waals surface area contributed by atoms with Crippen LogP contribution in [-0.4, -0.2) is 20.6 Å². The molecule has 0 radical (unpaired) electrons. The predicted octanol–water partition coefficient (Wildman–Crippen LogP) is 3.92. The first-order chi connectivity index (χ1) is 11.5. The first-order valence-electron chi connectivity index (χ1n) is 6.83. The molecule has 1 amide bonds. The summed E-state index contributed by atoms with van der Waals surface area (Å²) in [7, 11) is 0. The first-order valence-corrected chi connectivity index (χ1v) is 8.51. The van der Waals surface area contributed by atoms with Gasteiger partial charge in [0.2, 0.25) is 0 Å². The number of hydrogen-bond donors (Lipinski definition) is 1. The van der Waals surface area contributed by atoms with Gasteiger partial charge in [-0.15, -0.1) is 11.3 Å². The normalized spacial score (nSPS) is 10.5. The van der Waals surface area contributed by atoms with Gasteiger partial charge in [-0.25, -0.2) is 4.68 Å². The van der Waals surface area contributed by atoms with E-state index in [2.05, 4.69) is 26.3 Å². The standard InChI is InChI=1S/C15H11BrN4O3S/c16-11-7-13(24-9-11)8-19-14(4-5-17-19)18-15(21)10-2-1-3-12(6-10)20(22)23/h1-7,9H,8H2,(H,18,21). The zero-order chi connectivity index (χ0) is 17.1. The molecular formula is C15H11BrN4O3S. The van der Waals surface area contributed by atoms with Gasteiger partial charge >= 0.3 is 0 Å². The van der Waals surface area contributed by atoms with E-state index in [-0.39, 0.29) is 11.3 Å². The molecule has 9 heteroatoms. The van der Waals surface area contributed by atoms with E-state index in [9.17, 15) is 14.9 Å². The summed E-state index contributed by atoms with van der Waals surface area (Å²) in [5.41, 5.74) is 0.0930. The molecule has 0 unspecified atom stereocenters. The van der Waals surface area contributed by atoms with Crippen LogP contribution in [0.3, 0.4) is 0 Å². The van der Waals surface area contributed by atoms with Gasteiger partial charge in [-0.3, -0.25) is 14.9 Å². The number of nitro benzene ring substituents is 1. The van der Waals surface area contributed by atoms with Gasteiger partial charge in [0, 0.05) is 38.5 Å². The van der Waals surface area contributed by atoms with Crippen molar-refractivity contribution in [3.63, 3.8) is 0 Å². The zero-order valence-corrected chi connectivity index (χ0v) is 14.6. The molecule has 1 N–H and O–H groups in total. The zero-order valence-electron chi connectivity index (χ0n) is 12.2.